The fraction of sp³-hybridized carbons (Fsp3) is 0.714. The molecule has 19 heavy (non-hydrogen) atoms. The molecule has 0 spiro atoms. The zero-order valence-corrected chi connectivity index (χ0v) is 12.3. The molecule has 1 fully saturated rings. The van der Waals surface area contributed by atoms with E-state index in [4.69, 9.17) is 4.74 Å². The molecule has 5 nitrogen and oxygen atoms in total. The smallest absolute Gasteiger partial charge is 0.410 e. The van der Waals surface area contributed by atoms with E-state index in [-0.39, 0.29) is 18.0 Å². The minimum atomic E-state index is -0.493. The van der Waals surface area contributed by atoms with Gasteiger partial charge in [0.15, 0.2) is 0 Å². The summed E-state index contributed by atoms with van der Waals surface area (Å²) in [5, 5.41) is 0. The van der Waals surface area contributed by atoms with Gasteiger partial charge >= 0.3 is 6.09 Å². The molecule has 0 aromatic heterocycles. The third kappa shape index (κ3) is 4.58. The Kier molecular flexibility index (Phi) is 4.97. The van der Waals surface area contributed by atoms with E-state index in [0.29, 0.717) is 13.1 Å². The first-order valence-electron chi connectivity index (χ1n) is 6.61. The lowest BCUT2D eigenvalue weighted by atomic mass is 10.2. The molecule has 1 heterocycles. The highest BCUT2D eigenvalue weighted by Crippen LogP contribution is 2.21. The molecule has 5 heteroatoms. The molecule has 0 unspecified atom stereocenters. The van der Waals surface area contributed by atoms with Gasteiger partial charge in [-0.2, -0.15) is 0 Å². The van der Waals surface area contributed by atoms with E-state index < -0.39 is 5.60 Å². The lowest BCUT2D eigenvalue weighted by Crippen LogP contribution is -2.45. The molecule has 0 radical (unpaired) electrons. The number of hydrogen-bond donors (Lipinski definition) is 0. The zero-order valence-electron chi connectivity index (χ0n) is 12.3. The summed E-state index contributed by atoms with van der Waals surface area (Å²) in [5.74, 6) is -0.129. The van der Waals surface area contributed by atoms with Crippen LogP contribution in [0.15, 0.2) is 12.7 Å². The maximum absolute atomic E-state index is 12.1. The monoisotopic (exact) mass is 268 g/mol. The van der Waals surface area contributed by atoms with Crippen molar-refractivity contribution in [2.45, 2.75) is 45.3 Å². The Labute approximate surface area is 115 Å². The first kappa shape index (κ1) is 15.5. The molecule has 1 atom stereocenters. The summed E-state index contributed by atoms with van der Waals surface area (Å²) in [6.07, 6.45) is 2.83. The Balaban J connectivity index is 2.61. The van der Waals surface area contributed by atoms with Crippen molar-refractivity contribution < 1.29 is 14.3 Å². The van der Waals surface area contributed by atoms with Crippen molar-refractivity contribution in [2.75, 3.05) is 20.1 Å². The third-order valence-electron chi connectivity index (χ3n) is 3.04. The second kappa shape index (κ2) is 6.08. The fourth-order valence-electron chi connectivity index (χ4n) is 2.15. The maximum Gasteiger partial charge on any atom is 0.410 e. The number of amides is 2. The molecule has 1 aliphatic heterocycles. The second-order valence-corrected chi connectivity index (χ2v) is 5.89. The van der Waals surface area contributed by atoms with Crippen LogP contribution in [-0.2, 0) is 9.53 Å². The van der Waals surface area contributed by atoms with Crippen molar-refractivity contribution in [1.29, 1.82) is 0 Å². The van der Waals surface area contributed by atoms with Gasteiger partial charge in [-0.1, -0.05) is 6.58 Å². The topological polar surface area (TPSA) is 49.9 Å². The minimum absolute atomic E-state index is 0.0312. The highest BCUT2D eigenvalue weighted by atomic mass is 16.6. The van der Waals surface area contributed by atoms with Gasteiger partial charge in [-0.15, -0.1) is 0 Å². The first-order valence-corrected chi connectivity index (χ1v) is 6.61. The summed E-state index contributed by atoms with van der Waals surface area (Å²) in [6.45, 7) is 10.2. The molecule has 0 aromatic rings. The Bertz CT molecular complexity index is 360. The molecular weight excluding hydrogens is 244 g/mol. The second-order valence-electron chi connectivity index (χ2n) is 5.89. The van der Waals surface area contributed by atoms with Crippen LogP contribution in [0.4, 0.5) is 4.79 Å². The van der Waals surface area contributed by atoms with Crippen LogP contribution >= 0.6 is 0 Å². The lowest BCUT2D eigenvalue weighted by molar-refractivity contribution is -0.125. The van der Waals surface area contributed by atoms with Crippen molar-refractivity contribution in [1.82, 2.24) is 9.80 Å². The van der Waals surface area contributed by atoms with Gasteiger partial charge in [-0.05, 0) is 39.7 Å². The Morgan fingerprint density at radius 3 is 2.63 bits per heavy atom. The van der Waals surface area contributed by atoms with Crippen LogP contribution in [0.2, 0.25) is 0 Å². The summed E-state index contributed by atoms with van der Waals surface area (Å²) in [5.41, 5.74) is -0.493. The van der Waals surface area contributed by atoms with E-state index in [1.807, 2.05) is 20.8 Å². The number of ether oxygens (including phenoxy) is 1. The van der Waals surface area contributed by atoms with Crippen molar-refractivity contribution >= 4 is 12.0 Å². The van der Waals surface area contributed by atoms with Crippen LogP contribution in [0.1, 0.15) is 33.6 Å². The molecule has 0 bridgehead atoms. The average Bonchev–Trinajstić information content (AvgIpc) is 2.73. The van der Waals surface area contributed by atoms with Crippen molar-refractivity contribution in [3.8, 4) is 0 Å². The van der Waals surface area contributed by atoms with Crippen molar-refractivity contribution in [2.24, 2.45) is 0 Å². The third-order valence-corrected chi connectivity index (χ3v) is 3.04. The normalized spacial score (nSPS) is 19.2. The lowest BCUT2D eigenvalue weighted by Gasteiger charge is -2.30. The molecule has 1 aliphatic rings. The van der Waals surface area contributed by atoms with Crippen molar-refractivity contribution in [3.05, 3.63) is 12.7 Å². The van der Waals surface area contributed by atoms with Crippen LogP contribution in [0.3, 0.4) is 0 Å². The number of nitrogens with zero attached hydrogens (tertiary/aromatic N) is 2. The molecular formula is C14H24N2O3. The van der Waals surface area contributed by atoms with Gasteiger partial charge in [-0.3, -0.25) is 4.79 Å². The Hall–Kier alpha value is -1.52. The summed E-state index contributed by atoms with van der Waals surface area (Å²) < 4.78 is 5.38. The van der Waals surface area contributed by atoms with Gasteiger partial charge in [-0.25, -0.2) is 4.79 Å². The van der Waals surface area contributed by atoms with Gasteiger partial charge in [0.2, 0.25) is 5.91 Å². The van der Waals surface area contributed by atoms with Crippen LogP contribution in [-0.4, -0.2) is 53.6 Å². The molecule has 0 aliphatic carbocycles. The number of hydrogen-bond acceptors (Lipinski definition) is 3. The standard InChI is InChI=1S/C14H24N2O3/c1-6-12(17)15(5)10-11-8-7-9-16(11)13(18)19-14(2,3)4/h6,11H,1,7-10H2,2-5H3/t11-/m1/s1. The number of likely N-dealkylation sites (tertiary alicyclic amines) is 1. The Morgan fingerprint density at radius 1 is 1.47 bits per heavy atom. The summed E-state index contributed by atoms with van der Waals surface area (Å²) in [6, 6.07) is 0.0312. The first-order chi connectivity index (χ1) is 8.74. The Morgan fingerprint density at radius 2 is 2.11 bits per heavy atom. The number of carbonyl (C=O) groups excluding carboxylic acids is 2. The van der Waals surface area contributed by atoms with E-state index in [1.54, 1.807) is 16.8 Å². The highest BCUT2D eigenvalue weighted by molar-refractivity contribution is 5.86. The minimum Gasteiger partial charge on any atom is -0.444 e. The molecule has 0 N–H and O–H groups in total. The molecule has 2 amide bonds. The van der Waals surface area contributed by atoms with Gasteiger partial charge in [0.05, 0.1) is 6.04 Å². The van der Waals surface area contributed by atoms with Gasteiger partial charge < -0.3 is 14.5 Å². The summed E-state index contributed by atoms with van der Waals surface area (Å²) in [7, 11) is 1.72. The van der Waals surface area contributed by atoms with E-state index in [0.717, 1.165) is 12.8 Å². The summed E-state index contributed by atoms with van der Waals surface area (Å²) in [4.78, 5) is 26.9. The van der Waals surface area contributed by atoms with Crippen LogP contribution in [0.5, 0.6) is 0 Å². The predicted molar refractivity (Wildman–Crippen MR) is 73.8 cm³/mol. The van der Waals surface area contributed by atoms with E-state index in [2.05, 4.69) is 6.58 Å². The predicted octanol–water partition coefficient (Wildman–Crippen LogP) is 2.03. The number of carbonyl (C=O) groups is 2. The van der Waals surface area contributed by atoms with Crippen LogP contribution < -0.4 is 0 Å². The molecule has 1 rings (SSSR count). The van der Waals surface area contributed by atoms with Gasteiger partial charge in [0.1, 0.15) is 5.60 Å². The van der Waals surface area contributed by atoms with Gasteiger partial charge in [0, 0.05) is 20.1 Å². The SMILES string of the molecule is C=CC(=O)N(C)C[C@H]1CCCN1C(=O)OC(C)(C)C. The van der Waals surface area contributed by atoms with Crippen LogP contribution in [0.25, 0.3) is 0 Å². The average molecular weight is 268 g/mol. The fourth-order valence-corrected chi connectivity index (χ4v) is 2.15. The van der Waals surface area contributed by atoms with Crippen LogP contribution in [0, 0.1) is 0 Å². The molecule has 108 valence electrons. The zero-order chi connectivity index (χ0) is 14.6. The van der Waals surface area contributed by atoms with E-state index in [1.165, 1.54) is 6.08 Å². The van der Waals surface area contributed by atoms with Gasteiger partial charge in [0.25, 0.3) is 0 Å². The largest absolute Gasteiger partial charge is 0.444 e. The molecule has 0 saturated carbocycles. The number of rotatable bonds is 3. The van der Waals surface area contributed by atoms with Crippen molar-refractivity contribution in [3.63, 3.8) is 0 Å². The number of likely N-dealkylation sites (N-methyl/N-ethyl adjacent to an activating group) is 1. The highest BCUT2D eigenvalue weighted by Gasteiger charge is 2.33. The molecule has 1 saturated heterocycles. The van der Waals surface area contributed by atoms with E-state index >= 15 is 0 Å². The molecule has 0 aromatic carbocycles. The summed E-state index contributed by atoms with van der Waals surface area (Å²) >= 11 is 0. The van der Waals surface area contributed by atoms with E-state index in [9.17, 15) is 9.59 Å². The maximum atomic E-state index is 12.1. The quantitative estimate of drug-likeness (QED) is 0.736.